The topological polar surface area (TPSA) is 80.9 Å². The largest absolute Gasteiger partial charge is 0.444 e. The van der Waals surface area contributed by atoms with Crippen LogP contribution in [0.1, 0.15) is 18.5 Å². The standard InChI is InChI=1S/C20H28N4O3.HI/c1-21-20(22-9-5-10-25-13-16-8-11-26-14-16)23-12-18-15-27-19(24-18)17-6-3-2-4-7-17;/h2-4,6-7,15-16H,5,8-14H2,1H3,(H2,21,22,23);1H. The SMILES string of the molecule is CN=C(NCCCOCC1CCOC1)NCc1coc(-c2ccccc2)n1.I. The van der Waals surface area contributed by atoms with Gasteiger partial charge in [0.2, 0.25) is 5.89 Å². The summed E-state index contributed by atoms with van der Waals surface area (Å²) >= 11 is 0. The van der Waals surface area contributed by atoms with E-state index in [0.717, 1.165) is 63.0 Å². The lowest BCUT2D eigenvalue weighted by atomic mass is 10.1. The fraction of sp³-hybridized carbons (Fsp3) is 0.500. The Hall–Kier alpha value is -1.65. The summed E-state index contributed by atoms with van der Waals surface area (Å²) in [6.07, 6.45) is 3.71. The zero-order chi connectivity index (χ0) is 18.7. The van der Waals surface area contributed by atoms with E-state index in [4.69, 9.17) is 13.9 Å². The maximum Gasteiger partial charge on any atom is 0.226 e. The summed E-state index contributed by atoms with van der Waals surface area (Å²) in [4.78, 5) is 8.73. The normalized spacial score (nSPS) is 16.6. The first kappa shape index (κ1) is 22.6. The van der Waals surface area contributed by atoms with Crippen molar-refractivity contribution >= 4 is 29.9 Å². The second-order valence-electron chi connectivity index (χ2n) is 6.52. The van der Waals surface area contributed by atoms with Gasteiger partial charge in [0.15, 0.2) is 5.96 Å². The third-order valence-corrected chi connectivity index (χ3v) is 4.37. The zero-order valence-corrected chi connectivity index (χ0v) is 18.6. The van der Waals surface area contributed by atoms with Crippen molar-refractivity contribution in [2.24, 2.45) is 10.9 Å². The van der Waals surface area contributed by atoms with E-state index in [-0.39, 0.29) is 24.0 Å². The van der Waals surface area contributed by atoms with E-state index in [2.05, 4.69) is 20.6 Å². The third-order valence-electron chi connectivity index (χ3n) is 4.37. The number of guanidine groups is 1. The van der Waals surface area contributed by atoms with Gasteiger partial charge in [0.1, 0.15) is 6.26 Å². The van der Waals surface area contributed by atoms with Gasteiger partial charge in [-0.1, -0.05) is 18.2 Å². The Morgan fingerprint density at radius 1 is 1.29 bits per heavy atom. The number of hydrogen-bond acceptors (Lipinski definition) is 5. The Balaban J connectivity index is 0.00000280. The number of oxazole rings is 1. The van der Waals surface area contributed by atoms with Crippen LogP contribution in [0.25, 0.3) is 11.5 Å². The van der Waals surface area contributed by atoms with Gasteiger partial charge < -0.3 is 24.5 Å². The number of aliphatic imine (C=N–C) groups is 1. The molecule has 1 aromatic carbocycles. The molecule has 1 aliphatic heterocycles. The van der Waals surface area contributed by atoms with Gasteiger partial charge in [0, 0.05) is 38.3 Å². The van der Waals surface area contributed by atoms with E-state index >= 15 is 0 Å². The molecule has 0 amide bonds. The number of nitrogens with zero attached hydrogens (tertiary/aromatic N) is 2. The van der Waals surface area contributed by atoms with Crippen molar-refractivity contribution in [2.75, 3.05) is 40.0 Å². The highest BCUT2D eigenvalue weighted by Crippen LogP contribution is 2.17. The molecule has 1 saturated heterocycles. The van der Waals surface area contributed by atoms with E-state index in [1.165, 1.54) is 0 Å². The average Bonchev–Trinajstić information content (AvgIpc) is 3.39. The fourth-order valence-electron chi connectivity index (χ4n) is 2.84. The van der Waals surface area contributed by atoms with Crippen LogP contribution in [0, 0.1) is 5.92 Å². The molecule has 1 aliphatic rings. The van der Waals surface area contributed by atoms with E-state index in [1.54, 1.807) is 13.3 Å². The predicted molar refractivity (Wildman–Crippen MR) is 120 cm³/mol. The highest BCUT2D eigenvalue weighted by Gasteiger charge is 2.15. The van der Waals surface area contributed by atoms with Crippen LogP contribution in [-0.2, 0) is 16.0 Å². The highest BCUT2D eigenvalue weighted by atomic mass is 127. The molecule has 1 aromatic heterocycles. The molecule has 8 heteroatoms. The lowest BCUT2D eigenvalue weighted by Gasteiger charge is -2.12. The lowest BCUT2D eigenvalue weighted by Crippen LogP contribution is -2.37. The number of rotatable bonds is 9. The molecule has 3 rings (SSSR count). The highest BCUT2D eigenvalue weighted by molar-refractivity contribution is 14.0. The van der Waals surface area contributed by atoms with Crippen LogP contribution in [0.5, 0.6) is 0 Å². The van der Waals surface area contributed by atoms with E-state index < -0.39 is 0 Å². The van der Waals surface area contributed by atoms with Gasteiger partial charge in [-0.25, -0.2) is 4.98 Å². The van der Waals surface area contributed by atoms with Crippen molar-refractivity contribution < 1.29 is 13.9 Å². The van der Waals surface area contributed by atoms with Gasteiger partial charge in [0.25, 0.3) is 0 Å². The summed E-state index contributed by atoms with van der Waals surface area (Å²) in [5.41, 5.74) is 1.80. The second-order valence-corrected chi connectivity index (χ2v) is 6.52. The quantitative estimate of drug-likeness (QED) is 0.239. The van der Waals surface area contributed by atoms with Crippen molar-refractivity contribution in [3.05, 3.63) is 42.3 Å². The lowest BCUT2D eigenvalue weighted by molar-refractivity contribution is 0.0888. The number of hydrogen-bond donors (Lipinski definition) is 2. The molecule has 28 heavy (non-hydrogen) atoms. The van der Waals surface area contributed by atoms with Crippen molar-refractivity contribution in [3.8, 4) is 11.5 Å². The van der Waals surface area contributed by atoms with Crippen molar-refractivity contribution in [1.82, 2.24) is 15.6 Å². The molecule has 0 radical (unpaired) electrons. The molecule has 2 heterocycles. The first-order valence-electron chi connectivity index (χ1n) is 9.45. The molecular weight excluding hydrogens is 471 g/mol. The maximum atomic E-state index is 5.70. The summed E-state index contributed by atoms with van der Waals surface area (Å²) in [7, 11) is 1.75. The van der Waals surface area contributed by atoms with Gasteiger partial charge in [0.05, 0.1) is 25.5 Å². The Kier molecular flexibility index (Phi) is 10.3. The van der Waals surface area contributed by atoms with Gasteiger partial charge in [-0.05, 0) is 25.0 Å². The van der Waals surface area contributed by atoms with Crippen LogP contribution in [0.3, 0.4) is 0 Å². The van der Waals surface area contributed by atoms with Crippen LogP contribution < -0.4 is 10.6 Å². The minimum atomic E-state index is 0. The summed E-state index contributed by atoms with van der Waals surface area (Å²) in [5.74, 6) is 1.93. The predicted octanol–water partition coefficient (Wildman–Crippen LogP) is 3.07. The van der Waals surface area contributed by atoms with Crippen LogP contribution >= 0.6 is 24.0 Å². The summed E-state index contributed by atoms with van der Waals surface area (Å²) in [6.45, 7) is 4.59. The molecule has 7 nitrogen and oxygen atoms in total. The first-order chi connectivity index (χ1) is 13.3. The Labute approximate surface area is 183 Å². The minimum Gasteiger partial charge on any atom is -0.444 e. The number of aromatic nitrogens is 1. The molecule has 1 atom stereocenters. The average molecular weight is 500 g/mol. The first-order valence-corrected chi connectivity index (χ1v) is 9.45. The third kappa shape index (κ3) is 7.40. The molecule has 0 spiro atoms. The molecule has 154 valence electrons. The van der Waals surface area contributed by atoms with Crippen LogP contribution in [0.15, 0.2) is 46.0 Å². The fourth-order valence-corrected chi connectivity index (χ4v) is 2.84. The summed E-state index contributed by atoms with van der Waals surface area (Å²) in [5, 5.41) is 6.53. The van der Waals surface area contributed by atoms with Crippen molar-refractivity contribution in [1.29, 1.82) is 0 Å². The summed E-state index contributed by atoms with van der Waals surface area (Å²) < 4.78 is 16.6. The molecule has 1 fully saturated rings. The van der Waals surface area contributed by atoms with Crippen LogP contribution in [0.2, 0.25) is 0 Å². The minimum absolute atomic E-state index is 0. The molecule has 2 N–H and O–H groups in total. The van der Waals surface area contributed by atoms with Gasteiger partial charge in [-0.2, -0.15) is 0 Å². The molecule has 0 aliphatic carbocycles. The van der Waals surface area contributed by atoms with Gasteiger partial charge in [-0.15, -0.1) is 24.0 Å². The van der Waals surface area contributed by atoms with Crippen molar-refractivity contribution in [3.63, 3.8) is 0 Å². The maximum absolute atomic E-state index is 5.70. The molecule has 1 unspecified atom stereocenters. The Morgan fingerprint density at radius 2 is 2.14 bits per heavy atom. The molecular formula is C20H29IN4O3. The van der Waals surface area contributed by atoms with E-state index in [0.29, 0.717) is 18.4 Å². The smallest absolute Gasteiger partial charge is 0.226 e. The number of halogens is 1. The monoisotopic (exact) mass is 500 g/mol. The molecule has 0 bridgehead atoms. The van der Waals surface area contributed by atoms with Crippen LogP contribution in [0.4, 0.5) is 0 Å². The van der Waals surface area contributed by atoms with Crippen LogP contribution in [-0.4, -0.2) is 51.0 Å². The van der Waals surface area contributed by atoms with Gasteiger partial charge in [-0.3, -0.25) is 4.99 Å². The Bertz CT molecular complexity index is 702. The molecule has 2 aromatic rings. The number of nitrogens with one attached hydrogen (secondary N) is 2. The van der Waals surface area contributed by atoms with E-state index in [1.807, 2.05) is 30.3 Å². The van der Waals surface area contributed by atoms with Crippen molar-refractivity contribution in [2.45, 2.75) is 19.4 Å². The van der Waals surface area contributed by atoms with E-state index in [9.17, 15) is 0 Å². The summed E-state index contributed by atoms with van der Waals surface area (Å²) in [6, 6.07) is 9.86. The second kappa shape index (κ2) is 12.7. The number of ether oxygens (including phenoxy) is 2. The molecule has 0 saturated carbocycles. The van der Waals surface area contributed by atoms with Gasteiger partial charge >= 0.3 is 0 Å². The number of benzene rings is 1. The Morgan fingerprint density at radius 3 is 2.89 bits per heavy atom. The zero-order valence-electron chi connectivity index (χ0n) is 16.2.